The second kappa shape index (κ2) is 3.45. The van der Waals surface area contributed by atoms with Gasteiger partial charge in [-0.2, -0.15) is 0 Å². The summed E-state index contributed by atoms with van der Waals surface area (Å²) in [5, 5.41) is 9.49. The third-order valence-electron chi connectivity index (χ3n) is 3.29. The largest absolute Gasteiger partial charge is 0.478 e. The van der Waals surface area contributed by atoms with Crippen LogP contribution in [0.25, 0.3) is 10.9 Å². The Bertz CT molecular complexity index is 685. The van der Waals surface area contributed by atoms with Crippen molar-refractivity contribution in [3.05, 3.63) is 45.2 Å². The number of aromatic nitrogens is 1. The zero-order chi connectivity index (χ0) is 12.0. The number of fused-ring (bicyclic) bond motifs is 2. The molecule has 0 radical (unpaired) electrons. The Hall–Kier alpha value is -2.10. The van der Waals surface area contributed by atoms with Crippen LogP contribution in [0, 0.1) is 0 Å². The van der Waals surface area contributed by atoms with Gasteiger partial charge in [0, 0.05) is 16.6 Å². The third kappa shape index (κ3) is 1.45. The standard InChI is InChI=1S/C13H11NO3/c15-12-8-2-1-3-10(8)14-11-6-7(13(16)17)4-5-9(11)12/h4-6H,1-3H2,(H,14,15)(H,16,17). The van der Waals surface area contributed by atoms with E-state index < -0.39 is 5.97 Å². The van der Waals surface area contributed by atoms with Crippen LogP contribution in [0.2, 0.25) is 0 Å². The number of hydrogen-bond donors (Lipinski definition) is 2. The molecule has 0 aliphatic heterocycles. The van der Waals surface area contributed by atoms with Gasteiger partial charge < -0.3 is 10.1 Å². The van der Waals surface area contributed by atoms with Crippen LogP contribution in [-0.4, -0.2) is 16.1 Å². The van der Waals surface area contributed by atoms with Crippen LogP contribution in [0.4, 0.5) is 0 Å². The monoisotopic (exact) mass is 229 g/mol. The first-order valence-electron chi connectivity index (χ1n) is 5.58. The number of carboxylic acid groups (broad SMARTS) is 1. The lowest BCUT2D eigenvalue weighted by atomic mass is 10.1. The average Bonchev–Trinajstić information content (AvgIpc) is 2.77. The normalized spacial score (nSPS) is 13.9. The van der Waals surface area contributed by atoms with Crippen molar-refractivity contribution in [2.75, 3.05) is 0 Å². The molecule has 0 bridgehead atoms. The molecule has 0 fully saturated rings. The van der Waals surface area contributed by atoms with E-state index in [4.69, 9.17) is 5.11 Å². The summed E-state index contributed by atoms with van der Waals surface area (Å²) >= 11 is 0. The summed E-state index contributed by atoms with van der Waals surface area (Å²) in [7, 11) is 0. The van der Waals surface area contributed by atoms with Crippen LogP contribution in [0.15, 0.2) is 23.0 Å². The molecule has 0 unspecified atom stereocenters. The van der Waals surface area contributed by atoms with Crippen molar-refractivity contribution in [1.29, 1.82) is 0 Å². The minimum absolute atomic E-state index is 0.0446. The maximum absolute atomic E-state index is 12.1. The van der Waals surface area contributed by atoms with E-state index in [2.05, 4.69) is 4.98 Å². The van der Waals surface area contributed by atoms with Crippen molar-refractivity contribution in [2.45, 2.75) is 19.3 Å². The second-order valence-corrected chi connectivity index (χ2v) is 4.33. The minimum Gasteiger partial charge on any atom is -0.478 e. The average molecular weight is 229 g/mol. The highest BCUT2D eigenvalue weighted by molar-refractivity contribution is 5.93. The van der Waals surface area contributed by atoms with Gasteiger partial charge in [0.25, 0.3) is 0 Å². The lowest BCUT2D eigenvalue weighted by molar-refractivity contribution is 0.0697. The molecule has 1 heterocycles. The van der Waals surface area contributed by atoms with E-state index in [0.29, 0.717) is 10.9 Å². The first-order valence-corrected chi connectivity index (χ1v) is 5.58. The molecule has 0 spiro atoms. The minimum atomic E-state index is -0.978. The molecule has 1 aromatic heterocycles. The molecule has 1 aliphatic rings. The number of nitrogens with one attached hydrogen (secondary N) is 1. The van der Waals surface area contributed by atoms with Gasteiger partial charge in [-0.05, 0) is 37.5 Å². The summed E-state index contributed by atoms with van der Waals surface area (Å²) in [6, 6.07) is 4.59. The lowest BCUT2D eigenvalue weighted by Gasteiger charge is -2.04. The van der Waals surface area contributed by atoms with Gasteiger partial charge >= 0.3 is 5.97 Å². The summed E-state index contributed by atoms with van der Waals surface area (Å²) < 4.78 is 0. The number of H-pyrrole nitrogens is 1. The molecule has 4 nitrogen and oxygen atoms in total. The first kappa shape index (κ1) is 10.1. The smallest absolute Gasteiger partial charge is 0.335 e. The molecule has 4 heteroatoms. The second-order valence-electron chi connectivity index (χ2n) is 4.33. The summed E-state index contributed by atoms with van der Waals surface area (Å²) in [5.74, 6) is -0.978. The Morgan fingerprint density at radius 1 is 1.29 bits per heavy atom. The zero-order valence-corrected chi connectivity index (χ0v) is 9.12. The summed E-state index contributed by atoms with van der Waals surface area (Å²) in [5.41, 5.74) is 2.69. The molecule has 17 heavy (non-hydrogen) atoms. The van der Waals surface area contributed by atoms with Crippen molar-refractivity contribution < 1.29 is 9.90 Å². The van der Waals surface area contributed by atoms with E-state index in [9.17, 15) is 9.59 Å². The summed E-state index contributed by atoms with van der Waals surface area (Å²) in [6.45, 7) is 0. The Morgan fingerprint density at radius 2 is 2.12 bits per heavy atom. The molecular formula is C13H11NO3. The molecule has 3 rings (SSSR count). The fourth-order valence-electron chi connectivity index (χ4n) is 2.44. The van der Waals surface area contributed by atoms with E-state index in [1.165, 1.54) is 12.1 Å². The molecule has 1 aliphatic carbocycles. The fourth-order valence-corrected chi connectivity index (χ4v) is 2.44. The van der Waals surface area contributed by atoms with E-state index >= 15 is 0 Å². The van der Waals surface area contributed by atoms with Crippen molar-refractivity contribution in [3.63, 3.8) is 0 Å². The van der Waals surface area contributed by atoms with E-state index in [1.54, 1.807) is 6.07 Å². The van der Waals surface area contributed by atoms with Gasteiger partial charge in [-0.3, -0.25) is 4.79 Å². The highest BCUT2D eigenvalue weighted by Gasteiger charge is 2.17. The van der Waals surface area contributed by atoms with Gasteiger partial charge in [-0.25, -0.2) is 4.79 Å². The van der Waals surface area contributed by atoms with Gasteiger partial charge in [0.1, 0.15) is 0 Å². The number of carboxylic acids is 1. The number of aromatic amines is 1. The van der Waals surface area contributed by atoms with Crippen LogP contribution in [0.3, 0.4) is 0 Å². The Labute approximate surface area is 96.9 Å². The van der Waals surface area contributed by atoms with Crippen molar-refractivity contribution in [1.82, 2.24) is 4.98 Å². The van der Waals surface area contributed by atoms with Crippen LogP contribution in [0.1, 0.15) is 28.0 Å². The van der Waals surface area contributed by atoms with Crippen LogP contribution >= 0.6 is 0 Å². The van der Waals surface area contributed by atoms with E-state index in [0.717, 1.165) is 30.5 Å². The van der Waals surface area contributed by atoms with Crippen LogP contribution in [0.5, 0.6) is 0 Å². The highest BCUT2D eigenvalue weighted by Crippen LogP contribution is 2.20. The number of hydrogen-bond acceptors (Lipinski definition) is 2. The quantitative estimate of drug-likeness (QED) is 0.782. The van der Waals surface area contributed by atoms with Gasteiger partial charge in [0.15, 0.2) is 5.43 Å². The topological polar surface area (TPSA) is 70.2 Å². The van der Waals surface area contributed by atoms with Crippen molar-refractivity contribution in [2.24, 2.45) is 0 Å². The first-order chi connectivity index (χ1) is 8.16. The summed E-state index contributed by atoms with van der Waals surface area (Å²) in [6.07, 6.45) is 2.68. The third-order valence-corrected chi connectivity index (χ3v) is 3.29. The number of aryl methyl sites for hydroxylation is 1. The molecule has 2 aromatic rings. The SMILES string of the molecule is O=C(O)c1ccc2c(=O)c3c([nH]c2c1)CCC3. The van der Waals surface area contributed by atoms with E-state index in [1.807, 2.05) is 0 Å². The number of pyridine rings is 1. The Balaban J connectivity index is 2.36. The van der Waals surface area contributed by atoms with Crippen molar-refractivity contribution in [3.8, 4) is 0 Å². The van der Waals surface area contributed by atoms with Gasteiger partial charge in [0.2, 0.25) is 0 Å². The molecule has 0 saturated carbocycles. The Morgan fingerprint density at radius 3 is 2.88 bits per heavy atom. The molecule has 0 amide bonds. The molecule has 0 atom stereocenters. The van der Waals surface area contributed by atoms with Crippen LogP contribution in [-0.2, 0) is 12.8 Å². The predicted molar refractivity (Wildman–Crippen MR) is 63.6 cm³/mol. The maximum Gasteiger partial charge on any atom is 0.335 e. The molecule has 0 saturated heterocycles. The van der Waals surface area contributed by atoms with Crippen LogP contribution < -0.4 is 5.43 Å². The lowest BCUT2D eigenvalue weighted by Crippen LogP contribution is -2.11. The van der Waals surface area contributed by atoms with E-state index in [-0.39, 0.29) is 11.0 Å². The summed E-state index contributed by atoms with van der Waals surface area (Å²) in [4.78, 5) is 26.2. The molecular weight excluding hydrogens is 218 g/mol. The van der Waals surface area contributed by atoms with Gasteiger partial charge in [-0.1, -0.05) is 0 Å². The molecule has 2 N–H and O–H groups in total. The molecule has 1 aromatic carbocycles. The van der Waals surface area contributed by atoms with Gasteiger partial charge in [-0.15, -0.1) is 0 Å². The maximum atomic E-state index is 12.1. The fraction of sp³-hybridized carbons (Fsp3) is 0.231. The zero-order valence-electron chi connectivity index (χ0n) is 9.12. The highest BCUT2D eigenvalue weighted by atomic mass is 16.4. The number of aromatic carboxylic acids is 1. The number of carbonyl (C=O) groups is 1. The predicted octanol–water partition coefficient (Wildman–Crippen LogP) is 1.71. The van der Waals surface area contributed by atoms with Crippen molar-refractivity contribution >= 4 is 16.9 Å². The number of benzene rings is 1. The Kier molecular flexibility index (Phi) is 2.04. The molecule has 86 valence electrons. The number of rotatable bonds is 1. The van der Waals surface area contributed by atoms with Gasteiger partial charge in [0.05, 0.1) is 11.1 Å².